The van der Waals surface area contributed by atoms with Crippen LogP contribution >= 0.6 is 0 Å². The van der Waals surface area contributed by atoms with Gasteiger partial charge in [-0.2, -0.15) is 0 Å². The first-order valence-corrected chi connectivity index (χ1v) is 6.62. The Morgan fingerprint density at radius 1 is 1.40 bits per heavy atom. The molecule has 1 aliphatic rings. The monoisotopic (exact) mass is 212 g/mol. The van der Waals surface area contributed by atoms with E-state index in [1.807, 2.05) is 0 Å². The number of hydrogen-bond acceptors (Lipinski definition) is 2. The fourth-order valence-electron chi connectivity index (χ4n) is 2.36. The number of hydrogen-bond donors (Lipinski definition) is 1. The molecule has 0 bridgehead atoms. The van der Waals surface area contributed by atoms with Crippen LogP contribution in [-0.4, -0.2) is 36.6 Å². The van der Waals surface area contributed by atoms with E-state index in [0.717, 1.165) is 18.5 Å². The van der Waals surface area contributed by atoms with Crippen molar-refractivity contribution in [2.75, 3.05) is 19.6 Å². The summed E-state index contributed by atoms with van der Waals surface area (Å²) in [6.45, 7) is 13.0. The maximum Gasteiger partial charge on any atom is 0.0218 e. The summed E-state index contributed by atoms with van der Waals surface area (Å²) in [6, 6.07) is 1.47. The third-order valence-electron chi connectivity index (χ3n) is 3.58. The number of nitrogens with one attached hydrogen (secondary N) is 1. The largest absolute Gasteiger partial charge is 0.312 e. The van der Waals surface area contributed by atoms with Crippen molar-refractivity contribution in [3.63, 3.8) is 0 Å². The molecule has 1 N–H and O–H groups in total. The minimum absolute atomic E-state index is 0.672. The average Bonchev–Trinajstić information content (AvgIpc) is 2.58. The molecule has 0 radical (unpaired) electrons. The third-order valence-corrected chi connectivity index (χ3v) is 3.58. The fraction of sp³-hybridized carbons (Fsp3) is 1.00. The first kappa shape index (κ1) is 13.0. The molecule has 2 unspecified atom stereocenters. The van der Waals surface area contributed by atoms with Crippen LogP contribution in [0.1, 0.15) is 47.0 Å². The van der Waals surface area contributed by atoms with Crippen LogP contribution in [0.4, 0.5) is 0 Å². The van der Waals surface area contributed by atoms with Gasteiger partial charge in [0.2, 0.25) is 0 Å². The second-order valence-electron chi connectivity index (χ2n) is 5.29. The van der Waals surface area contributed by atoms with Crippen molar-refractivity contribution in [3.8, 4) is 0 Å². The smallest absolute Gasteiger partial charge is 0.0218 e. The summed E-state index contributed by atoms with van der Waals surface area (Å²) in [7, 11) is 0. The van der Waals surface area contributed by atoms with E-state index in [2.05, 4.69) is 37.9 Å². The van der Waals surface area contributed by atoms with E-state index in [1.165, 1.54) is 32.4 Å². The Balaban J connectivity index is 2.35. The van der Waals surface area contributed by atoms with Crippen molar-refractivity contribution in [2.45, 2.75) is 59.0 Å². The van der Waals surface area contributed by atoms with Gasteiger partial charge < -0.3 is 5.32 Å². The molecule has 1 aliphatic heterocycles. The SMILES string of the molecule is CCCNC(CN1CCCC1C)C(C)C. The van der Waals surface area contributed by atoms with E-state index >= 15 is 0 Å². The molecule has 1 saturated heterocycles. The highest BCUT2D eigenvalue weighted by Crippen LogP contribution is 2.18. The molecule has 2 atom stereocenters. The Morgan fingerprint density at radius 2 is 2.13 bits per heavy atom. The topological polar surface area (TPSA) is 15.3 Å². The quantitative estimate of drug-likeness (QED) is 0.728. The summed E-state index contributed by atoms with van der Waals surface area (Å²) in [6.07, 6.45) is 4.01. The molecule has 0 aromatic rings. The summed E-state index contributed by atoms with van der Waals surface area (Å²) in [5.41, 5.74) is 0. The Hall–Kier alpha value is -0.0800. The van der Waals surface area contributed by atoms with Crippen molar-refractivity contribution in [3.05, 3.63) is 0 Å². The van der Waals surface area contributed by atoms with Gasteiger partial charge in [-0.25, -0.2) is 0 Å². The van der Waals surface area contributed by atoms with Gasteiger partial charge in [0.25, 0.3) is 0 Å². The van der Waals surface area contributed by atoms with Crippen LogP contribution < -0.4 is 5.32 Å². The predicted octanol–water partition coefficient (Wildman–Crippen LogP) is 2.49. The van der Waals surface area contributed by atoms with Crippen molar-refractivity contribution < 1.29 is 0 Å². The van der Waals surface area contributed by atoms with Crippen molar-refractivity contribution in [1.29, 1.82) is 0 Å². The lowest BCUT2D eigenvalue weighted by Gasteiger charge is -2.30. The van der Waals surface area contributed by atoms with Gasteiger partial charge in [0.15, 0.2) is 0 Å². The maximum absolute atomic E-state index is 3.67. The van der Waals surface area contributed by atoms with Crippen LogP contribution in [0.25, 0.3) is 0 Å². The highest BCUT2D eigenvalue weighted by atomic mass is 15.2. The standard InChI is InChI=1S/C13H28N2/c1-5-8-14-13(11(2)3)10-15-9-6-7-12(15)4/h11-14H,5-10H2,1-4H3. The van der Waals surface area contributed by atoms with E-state index < -0.39 is 0 Å². The molecule has 0 saturated carbocycles. The lowest BCUT2D eigenvalue weighted by molar-refractivity contribution is 0.213. The van der Waals surface area contributed by atoms with E-state index in [1.54, 1.807) is 0 Å². The molecule has 0 aromatic heterocycles. The van der Waals surface area contributed by atoms with Gasteiger partial charge in [-0.15, -0.1) is 0 Å². The van der Waals surface area contributed by atoms with Gasteiger partial charge in [-0.3, -0.25) is 4.90 Å². The third kappa shape index (κ3) is 4.12. The molecule has 0 aromatic carbocycles. The van der Waals surface area contributed by atoms with Crippen LogP contribution in [0.2, 0.25) is 0 Å². The minimum Gasteiger partial charge on any atom is -0.312 e. The van der Waals surface area contributed by atoms with Crippen LogP contribution in [0.3, 0.4) is 0 Å². The van der Waals surface area contributed by atoms with Gasteiger partial charge in [0.1, 0.15) is 0 Å². The average molecular weight is 212 g/mol. The Kier molecular flexibility index (Phi) is 5.62. The van der Waals surface area contributed by atoms with Crippen molar-refractivity contribution >= 4 is 0 Å². The van der Waals surface area contributed by atoms with Crippen molar-refractivity contribution in [2.24, 2.45) is 5.92 Å². The molecule has 1 rings (SSSR count). The molecule has 1 fully saturated rings. The zero-order valence-corrected chi connectivity index (χ0v) is 10.9. The molecule has 0 spiro atoms. The normalized spacial score (nSPS) is 25.0. The van der Waals surface area contributed by atoms with Gasteiger partial charge in [0, 0.05) is 18.6 Å². The second-order valence-corrected chi connectivity index (χ2v) is 5.29. The first-order chi connectivity index (χ1) is 7.15. The van der Waals surface area contributed by atoms with Gasteiger partial charge in [-0.05, 0) is 45.2 Å². The Labute approximate surface area is 95.4 Å². The van der Waals surface area contributed by atoms with Crippen LogP contribution in [0.5, 0.6) is 0 Å². The molecular weight excluding hydrogens is 184 g/mol. The predicted molar refractivity (Wildman–Crippen MR) is 67.2 cm³/mol. The number of rotatable bonds is 6. The lowest BCUT2D eigenvalue weighted by Crippen LogP contribution is -2.45. The summed E-state index contributed by atoms with van der Waals surface area (Å²) >= 11 is 0. The van der Waals surface area contributed by atoms with Crippen LogP contribution in [0, 0.1) is 5.92 Å². The Bertz CT molecular complexity index is 168. The van der Waals surface area contributed by atoms with Crippen LogP contribution in [-0.2, 0) is 0 Å². The van der Waals surface area contributed by atoms with E-state index in [4.69, 9.17) is 0 Å². The van der Waals surface area contributed by atoms with E-state index in [0.29, 0.717) is 6.04 Å². The first-order valence-electron chi connectivity index (χ1n) is 6.62. The van der Waals surface area contributed by atoms with Gasteiger partial charge in [-0.1, -0.05) is 20.8 Å². The molecule has 0 aliphatic carbocycles. The van der Waals surface area contributed by atoms with Gasteiger partial charge in [0.05, 0.1) is 0 Å². The molecular formula is C13H28N2. The van der Waals surface area contributed by atoms with Crippen molar-refractivity contribution in [1.82, 2.24) is 10.2 Å². The number of nitrogens with zero attached hydrogens (tertiary/aromatic N) is 1. The molecule has 2 nitrogen and oxygen atoms in total. The second kappa shape index (κ2) is 6.49. The zero-order valence-electron chi connectivity index (χ0n) is 10.9. The summed E-state index contributed by atoms with van der Waals surface area (Å²) in [5.74, 6) is 0.740. The molecule has 1 heterocycles. The molecule has 0 amide bonds. The molecule has 90 valence electrons. The molecule has 15 heavy (non-hydrogen) atoms. The molecule has 2 heteroatoms. The maximum atomic E-state index is 3.67. The summed E-state index contributed by atoms with van der Waals surface area (Å²) in [4.78, 5) is 2.65. The summed E-state index contributed by atoms with van der Waals surface area (Å²) in [5, 5.41) is 3.67. The fourth-order valence-corrected chi connectivity index (χ4v) is 2.36. The zero-order chi connectivity index (χ0) is 11.3. The highest BCUT2D eigenvalue weighted by molar-refractivity contribution is 4.81. The van der Waals surface area contributed by atoms with Gasteiger partial charge >= 0.3 is 0 Å². The minimum atomic E-state index is 0.672. The van der Waals surface area contributed by atoms with Crippen LogP contribution in [0.15, 0.2) is 0 Å². The van der Waals surface area contributed by atoms with E-state index in [-0.39, 0.29) is 0 Å². The van der Waals surface area contributed by atoms with E-state index in [9.17, 15) is 0 Å². The lowest BCUT2D eigenvalue weighted by atomic mass is 10.0. The highest BCUT2D eigenvalue weighted by Gasteiger charge is 2.24. The Morgan fingerprint density at radius 3 is 2.60 bits per heavy atom. The summed E-state index contributed by atoms with van der Waals surface area (Å²) < 4.78 is 0. The number of likely N-dealkylation sites (tertiary alicyclic amines) is 1.